The summed E-state index contributed by atoms with van der Waals surface area (Å²) in [4.78, 5) is 10.3. The summed E-state index contributed by atoms with van der Waals surface area (Å²) in [5.41, 5.74) is -0.612. The Bertz CT molecular complexity index is 633. The van der Waals surface area contributed by atoms with E-state index in [1.165, 1.54) is 24.2 Å². The summed E-state index contributed by atoms with van der Waals surface area (Å²) < 4.78 is 41.3. The Morgan fingerprint density at radius 3 is 2.63 bits per heavy atom. The molecule has 2 rings (SSSR count). The zero-order valence-electron chi connectivity index (χ0n) is 9.38. The van der Waals surface area contributed by atoms with Gasteiger partial charge in [-0.1, -0.05) is 0 Å². The van der Waals surface area contributed by atoms with Crippen LogP contribution in [0.15, 0.2) is 47.4 Å². The zero-order chi connectivity index (χ0) is 14.0. The highest BCUT2D eigenvalue weighted by atomic mass is 127. The van der Waals surface area contributed by atoms with Crippen molar-refractivity contribution in [2.45, 2.75) is 6.17 Å². The van der Waals surface area contributed by atoms with Crippen LogP contribution in [0.4, 0.5) is 18.9 Å². The third-order valence-corrected chi connectivity index (χ3v) is 3.17. The molecule has 1 atom stereocenters. The fourth-order valence-electron chi connectivity index (χ4n) is 1.53. The van der Waals surface area contributed by atoms with Crippen molar-refractivity contribution in [1.82, 2.24) is 0 Å². The van der Waals surface area contributed by atoms with Crippen molar-refractivity contribution < 1.29 is 18.0 Å². The first-order valence-electron chi connectivity index (χ1n) is 5.22. The van der Waals surface area contributed by atoms with Crippen molar-refractivity contribution in [3.05, 3.63) is 56.8 Å². The van der Waals surface area contributed by atoms with Crippen molar-refractivity contribution in [3.8, 4) is 0 Å². The molecule has 0 amide bonds. The van der Waals surface area contributed by atoms with E-state index in [0.29, 0.717) is 3.57 Å². The van der Waals surface area contributed by atoms with Gasteiger partial charge in [0.2, 0.25) is 0 Å². The summed E-state index contributed by atoms with van der Waals surface area (Å²) in [6.45, 7) is 0. The van der Waals surface area contributed by atoms with Crippen LogP contribution in [0.5, 0.6) is 0 Å². The first-order chi connectivity index (χ1) is 9.02. The molecule has 0 saturated carbocycles. The van der Waals surface area contributed by atoms with Crippen LogP contribution < -0.4 is 5.32 Å². The molecule has 1 unspecified atom stereocenters. The first-order valence-corrected chi connectivity index (χ1v) is 6.29. The molecule has 2 nitrogen and oxygen atoms in total. The van der Waals surface area contributed by atoms with E-state index in [0.717, 1.165) is 6.08 Å². The molecule has 0 aliphatic heterocycles. The summed E-state index contributed by atoms with van der Waals surface area (Å²) in [5, 5.41) is 2.46. The third kappa shape index (κ3) is 2.90. The summed E-state index contributed by atoms with van der Waals surface area (Å²) in [6, 6.07) is 4.31. The van der Waals surface area contributed by atoms with Gasteiger partial charge >= 0.3 is 0 Å². The van der Waals surface area contributed by atoms with E-state index in [1.807, 2.05) is 22.6 Å². The molecule has 6 heteroatoms. The number of anilines is 1. The lowest BCUT2D eigenvalue weighted by atomic mass is 10.0. The number of hydrogen-bond donors (Lipinski definition) is 1. The van der Waals surface area contributed by atoms with Crippen molar-refractivity contribution in [2.75, 3.05) is 5.32 Å². The average Bonchev–Trinajstić information content (AvgIpc) is 2.38. The predicted molar refractivity (Wildman–Crippen MR) is 74.1 cm³/mol. The molecule has 98 valence electrons. The largest absolute Gasteiger partial charge is 0.351 e. The summed E-state index contributed by atoms with van der Waals surface area (Å²) in [6.07, 6.45) is 0.105. The molecule has 1 aliphatic rings. The Balaban J connectivity index is 2.31. The third-order valence-electron chi connectivity index (χ3n) is 2.50. The number of halogens is 4. The minimum atomic E-state index is -2.17. The molecule has 0 radical (unpaired) electrons. The topological polar surface area (TPSA) is 29.1 Å². The van der Waals surface area contributed by atoms with Crippen LogP contribution in [-0.2, 0) is 4.79 Å². The highest BCUT2D eigenvalue weighted by molar-refractivity contribution is 14.1. The van der Waals surface area contributed by atoms with Gasteiger partial charge in [-0.3, -0.25) is 0 Å². The molecule has 0 bridgehead atoms. The monoisotopic (exact) mass is 377 g/mol. The second-order valence-electron chi connectivity index (χ2n) is 3.76. The number of allylic oxidation sites excluding steroid dienone is 4. The molecule has 0 saturated heterocycles. The summed E-state index contributed by atoms with van der Waals surface area (Å²) >= 11 is 1.93. The SMILES string of the molecule is O=C=C1C=CC(Nc2ccc(I)cc2F)=C(F)C1F. The van der Waals surface area contributed by atoms with Crippen molar-refractivity contribution >= 4 is 34.2 Å². The van der Waals surface area contributed by atoms with Gasteiger partial charge in [-0.25, -0.2) is 18.0 Å². The van der Waals surface area contributed by atoms with Crippen molar-refractivity contribution in [1.29, 1.82) is 0 Å². The van der Waals surface area contributed by atoms with E-state index in [4.69, 9.17) is 0 Å². The highest BCUT2D eigenvalue weighted by Gasteiger charge is 2.25. The number of hydrogen-bond acceptors (Lipinski definition) is 2. The molecular formula is C13H7F3INO. The van der Waals surface area contributed by atoms with Crippen LogP contribution in [-0.4, -0.2) is 12.1 Å². The summed E-state index contributed by atoms with van der Waals surface area (Å²) in [7, 11) is 0. The highest BCUT2D eigenvalue weighted by Crippen LogP contribution is 2.28. The Morgan fingerprint density at radius 2 is 2.00 bits per heavy atom. The van der Waals surface area contributed by atoms with Crippen LogP contribution in [0, 0.1) is 9.39 Å². The molecule has 1 aromatic rings. The number of alkyl halides is 1. The number of carbonyl (C=O) groups excluding carboxylic acids is 1. The Kier molecular flexibility index (Phi) is 4.11. The number of benzene rings is 1. The van der Waals surface area contributed by atoms with E-state index in [-0.39, 0.29) is 11.4 Å². The molecule has 1 aromatic carbocycles. The van der Waals surface area contributed by atoms with E-state index in [9.17, 15) is 18.0 Å². The van der Waals surface area contributed by atoms with Crippen LogP contribution in [0.3, 0.4) is 0 Å². The maximum atomic E-state index is 13.6. The minimum absolute atomic E-state index is 0.0287. The van der Waals surface area contributed by atoms with Gasteiger partial charge in [0.15, 0.2) is 12.0 Å². The molecule has 1 aliphatic carbocycles. The van der Waals surface area contributed by atoms with Crippen LogP contribution in [0.1, 0.15) is 0 Å². The predicted octanol–water partition coefficient (Wildman–Crippen LogP) is 3.69. The maximum absolute atomic E-state index is 13.6. The van der Waals surface area contributed by atoms with E-state index in [2.05, 4.69) is 5.32 Å². The Morgan fingerprint density at radius 1 is 1.26 bits per heavy atom. The molecule has 0 aromatic heterocycles. The van der Waals surface area contributed by atoms with E-state index >= 15 is 0 Å². The molecule has 1 N–H and O–H groups in total. The van der Waals surface area contributed by atoms with Crippen LogP contribution in [0.2, 0.25) is 0 Å². The van der Waals surface area contributed by atoms with Crippen LogP contribution >= 0.6 is 22.6 Å². The lowest BCUT2D eigenvalue weighted by molar-refractivity contribution is 0.366. The number of rotatable bonds is 2. The van der Waals surface area contributed by atoms with Gasteiger partial charge in [-0.15, -0.1) is 0 Å². The van der Waals surface area contributed by atoms with Gasteiger partial charge < -0.3 is 5.32 Å². The average molecular weight is 377 g/mol. The lowest BCUT2D eigenvalue weighted by Gasteiger charge is -2.16. The first kappa shape index (κ1) is 13.9. The lowest BCUT2D eigenvalue weighted by Crippen LogP contribution is -2.14. The maximum Gasteiger partial charge on any atom is 0.189 e. The Labute approximate surface area is 120 Å². The minimum Gasteiger partial charge on any atom is -0.351 e. The quantitative estimate of drug-likeness (QED) is 0.630. The summed E-state index contributed by atoms with van der Waals surface area (Å²) in [5.74, 6) is -0.429. The molecule has 0 heterocycles. The smallest absolute Gasteiger partial charge is 0.189 e. The van der Waals surface area contributed by atoms with Gasteiger partial charge in [-0.2, -0.15) is 0 Å². The van der Waals surface area contributed by atoms with Gasteiger partial charge in [0.1, 0.15) is 11.8 Å². The van der Waals surface area contributed by atoms with Gasteiger partial charge in [0.05, 0.1) is 17.0 Å². The molecular weight excluding hydrogens is 370 g/mol. The fourth-order valence-corrected chi connectivity index (χ4v) is 1.99. The molecule has 0 fully saturated rings. The second-order valence-corrected chi connectivity index (χ2v) is 5.01. The van der Waals surface area contributed by atoms with Crippen LogP contribution in [0.25, 0.3) is 0 Å². The second kappa shape index (κ2) is 5.63. The van der Waals surface area contributed by atoms with Gasteiger partial charge in [-0.05, 0) is 52.9 Å². The zero-order valence-corrected chi connectivity index (χ0v) is 11.5. The number of nitrogens with one attached hydrogen (secondary N) is 1. The van der Waals surface area contributed by atoms with E-state index < -0.39 is 23.4 Å². The molecule has 19 heavy (non-hydrogen) atoms. The standard InChI is InChI=1S/C13H7F3INO/c14-9-5-8(17)2-4-10(9)18-11-3-1-7(6-19)12(15)13(11)16/h1-5,12,18H. The normalized spacial score (nSPS) is 18.5. The molecule has 0 spiro atoms. The van der Waals surface area contributed by atoms with Gasteiger partial charge in [0.25, 0.3) is 0 Å². The van der Waals surface area contributed by atoms with Crippen molar-refractivity contribution in [2.24, 2.45) is 0 Å². The Hall–Kier alpha value is -1.53. The van der Waals surface area contributed by atoms with E-state index in [1.54, 1.807) is 6.07 Å². The fraction of sp³-hybridized carbons (Fsp3) is 0.0769. The van der Waals surface area contributed by atoms with Gasteiger partial charge in [0, 0.05) is 3.57 Å². The van der Waals surface area contributed by atoms with Crippen molar-refractivity contribution in [3.63, 3.8) is 0 Å².